The van der Waals surface area contributed by atoms with Crippen molar-refractivity contribution in [2.45, 2.75) is 20.3 Å². The van der Waals surface area contributed by atoms with Crippen LogP contribution >= 0.6 is 0 Å². The Balaban J connectivity index is 4.41. The monoisotopic (exact) mass is 146 g/mol. The first kappa shape index (κ1) is 8.76. The lowest BCUT2D eigenvalue weighted by Gasteiger charge is -1.99. The molecule has 0 amide bonds. The zero-order valence-corrected chi connectivity index (χ0v) is 7.12. The van der Waals surface area contributed by atoms with Crippen LogP contribution in [0.2, 0.25) is 0 Å². The van der Waals surface area contributed by atoms with E-state index in [1.54, 1.807) is 6.26 Å². The van der Waals surface area contributed by atoms with Crippen LogP contribution in [0.4, 0.5) is 0 Å². The van der Waals surface area contributed by atoms with E-state index in [-0.39, 0.29) is 0 Å². The highest BCUT2D eigenvalue weighted by Crippen LogP contribution is 2.02. The van der Waals surface area contributed by atoms with E-state index in [4.69, 9.17) is 0 Å². The van der Waals surface area contributed by atoms with E-state index in [0.29, 0.717) is 0 Å². The van der Waals surface area contributed by atoms with E-state index in [2.05, 4.69) is 5.87 Å². The summed E-state index contributed by atoms with van der Waals surface area (Å²) in [5.74, 6) is 3.55. The van der Waals surface area contributed by atoms with Crippen LogP contribution in [0.25, 0.3) is 0 Å². The molecule has 0 spiro atoms. The van der Waals surface area contributed by atoms with Gasteiger partial charge in [-0.05, 0) is 28.7 Å². The summed E-state index contributed by atoms with van der Waals surface area (Å²) >= 11 is 0. The molecule has 0 fully saturated rings. The molecule has 0 aliphatic rings. The van der Waals surface area contributed by atoms with Gasteiger partial charge in [0.05, 0.1) is 0 Å². The molecule has 0 heterocycles. The van der Waals surface area contributed by atoms with Crippen molar-refractivity contribution in [1.82, 2.24) is 0 Å². The predicted octanol–water partition coefficient (Wildman–Crippen LogP) is 1.65. The fraction of sp³-hybridized carbons (Fsp3) is 0.571. The molecule has 1 unspecified atom stereocenters. The van der Waals surface area contributed by atoms with Gasteiger partial charge in [0.1, 0.15) is 0 Å². The van der Waals surface area contributed by atoms with Gasteiger partial charge in [-0.1, -0.05) is 13.0 Å². The summed E-state index contributed by atoms with van der Waals surface area (Å²) < 4.78 is 11.1. The maximum absolute atomic E-state index is 11.1. The molecular weight excluding hydrogens is 132 g/mol. The lowest BCUT2D eigenvalue weighted by Crippen LogP contribution is -1.95. The van der Waals surface area contributed by atoms with Gasteiger partial charge in [-0.3, -0.25) is 4.21 Å². The van der Waals surface area contributed by atoms with Crippen LogP contribution in [0.1, 0.15) is 20.3 Å². The van der Waals surface area contributed by atoms with E-state index < -0.39 is 9.52 Å². The van der Waals surface area contributed by atoms with Gasteiger partial charge in [0.2, 0.25) is 0 Å². The Hall–Kier alpha value is -0.240. The van der Waals surface area contributed by atoms with Crippen LogP contribution in [0.15, 0.2) is 11.0 Å². The van der Waals surface area contributed by atoms with E-state index >= 15 is 0 Å². The largest absolute Gasteiger partial charge is 0.264 e. The Morgan fingerprint density at radius 1 is 1.78 bits per heavy atom. The minimum atomic E-state index is -1.90. The van der Waals surface area contributed by atoms with Gasteiger partial charge in [-0.2, -0.15) is 0 Å². The van der Waals surface area contributed by atoms with Crippen LogP contribution < -0.4 is 0 Å². The van der Waals surface area contributed by atoms with Crippen LogP contribution in [-0.2, 0) is 9.52 Å². The van der Waals surface area contributed by atoms with Gasteiger partial charge in [-0.25, -0.2) is 0 Å². The van der Waals surface area contributed by atoms with Gasteiger partial charge in [0, 0.05) is 11.2 Å². The lowest BCUT2D eigenvalue weighted by atomic mass is 10.4. The minimum absolute atomic E-state index is 0.907. The molecule has 0 radical (unpaired) electrons. The van der Waals surface area contributed by atoms with Gasteiger partial charge in [0.25, 0.3) is 0 Å². The zero-order chi connectivity index (χ0) is 7.49. The van der Waals surface area contributed by atoms with E-state index in [0.717, 1.165) is 11.3 Å². The van der Waals surface area contributed by atoms with Crippen molar-refractivity contribution < 1.29 is 4.21 Å². The maximum atomic E-state index is 11.1. The highest BCUT2D eigenvalue weighted by molar-refractivity contribution is 8.03. The molecule has 0 rings (SSSR count). The molecule has 1 nitrogen and oxygen atoms in total. The van der Waals surface area contributed by atoms with Gasteiger partial charge < -0.3 is 0 Å². The Morgan fingerprint density at radius 2 is 2.22 bits per heavy atom. The van der Waals surface area contributed by atoms with Gasteiger partial charge >= 0.3 is 0 Å². The number of hydrogen-bond acceptors (Lipinski definition) is 1. The third-order valence-corrected chi connectivity index (χ3v) is 2.70. The van der Waals surface area contributed by atoms with Crippen LogP contribution in [0, 0.1) is 0 Å². The van der Waals surface area contributed by atoms with Gasteiger partial charge in [0.15, 0.2) is 0 Å². The smallest absolute Gasteiger partial charge is 0.00831 e. The second-order valence-corrected chi connectivity index (χ2v) is 4.88. The first-order chi connectivity index (χ1) is 3.98. The SMILES string of the molecule is C=S(C)(=O)/C(C)=C\CC. The standard InChI is InChI=1S/C7H14OS/c1-5-6-7(2)9(3,4)8/h6H,3,5H2,1-2,4H3/b7-6-. The van der Waals surface area contributed by atoms with Crippen molar-refractivity contribution in [3.8, 4) is 0 Å². The molecule has 0 saturated carbocycles. The second-order valence-electron chi connectivity index (χ2n) is 2.23. The quantitative estimate of drug-likeness (QED) is 0.541. The normalized spacial score (nSPS) is 19.2. The third kappa shape index (κ3) is 3.36. The van der Waals surface area contributed by atoms with Crippen molar-refractivity contribution in [1.29, 1.82) is 0 Å². The average Bonchev–Trinajstić information content (AvgIpc) is 1.64. The molecule has 0 aromatic rings. The van der Waals surface area contributed by atoms with Crippen molar-refractivity contribution in [3.05, 3.63) is 11.0 Å². The summed E-state index contributed by atoms with van der Waals surface area (Å²) in [7, 11) is -1.90. The number of allylic oxidation sites excluding steroid dienone is 2. The minimum Gasteiger partial charge on any atom is -0.264 e. The lowest BCUT2D eigenvalue weighted by molar-refractivity contribution is 0.688. The molecule has 0 saturated heterocycles. The third-order valence-electron chi connectivity index (χ3n) is 1.17. The molecule has 54 valence electrons. The Labute approximate surface area is 57.8 Å². The molecule has 0 aromatic heterocycles. The Bertz CT molecular complexity index is 197. The molecule has 2 heteroatoms. The molecule has 0 aliphatic heterocycles. The molecule has 0 N–H and O–H groups in total. The maximum Gasteiger partial charge on any atom is 0.00831 e. The average molecular weight is 146 g/mol. The topological polar surface area (TPSA) is 17.1 Å². The van der Waals surface area contributed by atoms with E-state index in [1.807, 2.05) is 19.9 Å². The van der Waals surface area contributed by atoms with Gasteiger partial charge in [-0.15, -0.1) is 0 Å². The van der Waals surface area contributed by atoms with Crippen molar-refractivity contribution >= 4 is 15.4 Å². The molecule has 1 atom stereocenters. The summed E-state index contributed by atoms with van der Waals surface area (Å²) in [6.45, 7) is 3.88. The fourth-order valence-electron chi connectivity index (χ4n) is 0.464. The van der Waals surface area contributed by atoms with Crippen LogP contribution in [-0.4, -0.2) is 16.3 Å². The molecule has 9 heavy (non-hydrogen) atoms. The summed E-state index contributed by atoms with van der Waals surface area (Å²) in [4.78, 5) is 0.907. The first-order valence-electron chi connectivity index (χ1n) is 2.97. The summed E-state index contributed by atoms with van der Waals surface area (Å²) in [6.07, 6.45) is 4.55. The summed E-state index contributed by atoms with van der Waals surface area (Å²) in [6, 6.07) is 0. The molecule has 0 aliphatic carbocycles. The fourth-order valence-corrected chi connectivity index (χ4v) is 0.983. The molecular formula is C7H14OS. The number of rotatable bonds is 2. The summed E-state index contributed by atoms with van der Waals surface area (Å²) in [5, 5.41) is 0. The highest BCUT2D eigenvalue weighted by atomic mass is 32.2. The predicted molar refractivity (Wildman–Crippen MR) is 45.2 cm³/mol. The van der Waals surface area contributed by atoms with Crippen LogP contribution in [0.3, 0.4) is 0 Å². The van der Waals surface area contributed by atoms with Crippen molar-refractivity contribution in [3.63, 3.8) is 0 Å². The van der Waals surface area contributed by atoms with E-state index in [1.165, 1.54) is 0 Å². The van der Waals surface area contributed by atoms with Crippen molar-refractivity contribution in [2.75, 3.05) is 6.26 Å². The zero-order valence-electron chi connectivity index (χ0n) is 6.31. The number of hydrogen-bond donors (Lipinski definition) is 0. The van der Waals surface area contributed by atoms with Crippen LogP contribution in [0.5, 0.6) is 0 Å². The highest BCUT2D eigenvalue weighted by Gasteiger charge is 1.94. The molecule has 0 aromatic carbocycles. The first-order valence-corrected chi connectivity index (χ1v) is 5.11. The second kappa shape index (κ2) is 3.06. The Morgan fingerprint density at radius 3 is 2.33 bits per heavy atom. The van der Waals surface area contributed by atoms with Crippen molar-refractivity contribution in [2.24, 2.45) is 0 Å². The molecule has 0 bridgehead atoms. The Kier molecular flexibility index (Phi) is 2.98. The van der Waals surface area contributed by atoms with E-state index in [9.17, 15) is 4.21 Å². The summed E-state index contributed by atoms with van der Waals surface area (Å²) in [5.41, 5.74) is 0.